The minimum Gasteiger partial charge on any atom is -0.508 e. The summed E-state index contributed by atoms with van der Waals surface area (Å²) in [5.74, 6) is 0.653. The molecule has 0 saturated heterocycles. The highest BCUT2D eigenvalue weighted by Gasteiger charge is 2.48. The first-order valence-corrected chi connectivity index (χ1v) is 40.3. The largest absolute Gasteiger partial charge is 0.508 e. The number of hydrogen-bond donors (Lipinski definition) is 7. The molecular weight excluding hydrogens is 1370 g/mol. The number of phenols is 1. The molecule has 0 heterocycles. The summed E-state index contributed by atoms with van der Waals surface area (Å²) >= 11 is 0. The average Bonchev–Trinajstić information content (AvgIpc) is 1.61. The van der Waals surface area contributed by atoms with E-state index in [0.29, 0.717) is 82.3 Å². The first-order valence-electron chi connectivity index (χ1n) is 40.3. The van der Waals surface area contributed by atoms with E-state index in [9.17, 15) is 49.2 Å². The van der Waals surface area contributed by atoms with Gasteiger partial charge in [-0.2, -0.15) is 0 Å². The molecule has 0 spiro atoms. The fraction of sp³-hybridized carbons (Fsp3) is 0.596. The number of hydrogen-bond acceptors (Lipinski definition) is 16. The number of carbonyl (C=O) groups excluding carboxylic acids is 3. The number of aliphatic carboxylic acids is 3. The van der Waals surface area contributed by atoms with Crippen LogP contribution in [0.15, 0.2) is 97.1 Å². The van der Waals surface area contributed by atoms with E-state index in [4.69, 9.17) is 43.7 Å². The van der Waals surface area contributed by atoms with Gasteiger partial charge in [0.1, 0.15) is 41.3 Å². The number of unbranched alkanes of at least 4 members (excludes halogenated alkanes) is 6. The van der Waals surface area contributed by atoms with Gasteiger partial charge in [0.25, 0.3) is 0 Å². The summed E-state index contributed by atoms with van der Waals surface area (Å²) in [6, 6.07) is 29.9. The molecule has 19 nitrogen and oxygen atoms in total. The summed E-state index contributed by atoms with van der Waals surface area (Å²) < 4.78 is 34.4. The molecule has 7 N–H and O–H groups in total. The Morgan fingerprint density at radius 2 is 0.769 bits per heavy atom. The lowest BCUT2D eigenvalue weighted by atomic mass is 9.73. The molecule has 0 radical (unpaired) electrons. The number of aryl methyl sites for hydroxylation is 2. The predicted molar refractivity (Wildman–Crippen MR) is 411 cm³/mol. The van der Waals surface area contributed by atoms with Gasteiger partial charge < -0.3 is 64.2 Å². The predicted octanol–water partition coefficient (Wildman–Crippen LogP) is 16.0. The number of phenolic OH excluding ortho intramolecular Hbond substituents is 1. The molecule has 3 saturated carbocycles. The number of ether oxygens (including phenoxy) is 6. The molecule has 3 fully saturated rings. The summed E-state index contributed by atoms with van der Waals surface area (Å²) in [4.78, 5) is 70.8. The summed E-state index contributed by atoms with van der Waals surface area (Å²) in [5.41, 5.74) is 9.54. The molecule has 6 aliphatic carbocycles. The van der Waals surface area contributed by atoms with Crippen molar-refractivity contribution in [2.75, 3.05) is 19.8 Å². The van der Waals surface area contributed by atoms with Crippen LogP contribution in [-0.4, -0.2) is 128 Å². The van der Waals surface area contributed by atoms with Crippen molar-refractivity contribution in [2.24, 2.45) is 59.2 Å². The number of fused-ring (bicyclic) bond motifs is 6. The Hall–Kier alpha value is -8.00. The van der Waals surface area contributed by atoms with Crippen molar-refractivity contribution in [3.63, 3.8) is 0 Å². The van der Waals surface area contributed by atoms with Crippen LogP contribution in [0.2, 0.25) is 0 Å². The van der Waals surface area contributed by atoms with Gasteiger partial charge >= 0.3 is 35.8 Å². The van der Waals surface area contributed by atoms with Crippen molar-refractivity contribution < 1.29 is 92.9 Å². The van der Waals surface area contributed by atoms with Crippen molar-refractivity contribution in [2.45, 2.75) is 258 Å². The SMILES string of the molecule is CCCCC[C@@H](CC[C@@H]1[C@H]2Cc3cccc(OCC(=O)O)c3C[C@H]2C[C@H]1O)OC(=O)C(C)C.CCCCC[C@@H](CC[C@@H]1[C@H]2Cc3cccc(OCC(=O)O)c3C[C@H]2C[C@H]1O)OC(=O)c1ccc(C)c(O)c1.CCCCC[C@@H](CC[C@@H]1[C@H]2Cc3cccc(OCC(=O)O)c3C[C@H]2C[C@H]1O)OC(=O)c1ccc(C)cc1. The number of aromatic hydroxyl groups is 1. The lowest BCUT2D eigenvalue weighted by molar-refractivity contribution is -0.154. The van der Waals surface area contributed by atoms with Gasteiger partial charge in [0, 0.05) is 0 Å². The van der Waals surface area contributed by atoms with E-state index in [0.717, 1.165) is 183 Å². The molecule has 5 aromatic carbocycles. The minimum atomic E-state index is -0.999. The van der Waals surface area contributed by atoms with Crippen LogP contribution in [0.3, 0.4) is 0 Å². The number of esters is 3. The van der Waals surface area contributed by atoms with E-state index in [1.54, 1.807) is 19.1 Å². The summed E-state index contributed by atoms with van der Waals surface area (Å²) in [6.07, 6.45) is 22.4. The number of aliphatic hydroxyl groups is 3. The van der Waals surface area contributed by atoms with Crippen molar-refractivity contribution in [1.82, 2.24) is 0 Å². The van der Waals surface area contributed by atoms with Crippen LogP contribution in [0, 0.1) is 73.0 Å². The molecule has 11 rings (SSSR count). The molecule has 5 aromatic rings. The lowest BCUT2D eigenvalue weighted by Gasteiger charge is -2.33. The molecule has 108 heavy (non-hydrogen) atoms. The summed E-state index contributed by atoms with van der Waals surface area (Å²) in [7, 11) is 0. The maximum Gasteiger partial charge on any atom is 0.341 e. The second-order valence-corrected chi connectivity index (χ2v) is 32.0. The number of benzene rings is 5. The normalized spacial score (nSPS) is 23.5. The fourth-order valence-electron chi connectivity index (χ4n) is 18.2. The highest BCUT2D eigenvalue weighted by Crippen LogP contribution is 2.52. The number of rotatable bonds is 36. The molecule has 15 atom stereocenters. The van der Waals surface area contributed by atoms with Gasteiger partial charge in [-0.25, -0.2) is 24.0 Å². The molecule has 590 valence electrons. The molecular formula is C89H120O19. The Bertz CT molecular complexity index is 3750. The average molecular weight is 1490 g/mol. The molecule has 0 bridgehead atoms. The van der Waals surface area contributed by atoms with Crippen LogP contribution < -0.4 is 14.2 Å². The Kier molecular flexibility index (Phi) is 32.0. The topological polar surface area (TPSA) is 299 Å². The summed E-state index contributed by atoms with van der Waals surface area (Å²) in [6.45, 7) is 12.9. The second-order valence-electron chi connectivity index (χ2n) is 32.0. The van der Waals surface area contributed by atoms with Crippen molar-refractivity contribution in [3.8, 4) is 23.0 Å². The van der Waals surface area contributed by atoms with Gasteiger partial charge in [-0.1, -0.05) is 133 Å². The quantitative estimate of drug-likeness (QED) is 0.0111. The van der Waals surface area contributed by atoms with E-state index in [-0.39, 0.29) is 91.7 Å². The Balaban J connectivity index is 0.000000187. The van der Waals surface area contributed by atoms with Crippen LogP contribution >= 0.6 is 0 Å². The third-order valence-electron chi connectivity index (χ3n) is 24.0. The first kappa shape index (κ1) is 84.0. The number of carboxylic acid groups (broad SMARTS) is 3. The number of carboxylic acids is 3. The lowest BCUT2D eigenvalue weighted by Crippen LogP contribution is -2.29. The third-order valence-corrected chi connectivity index (χ3v) is 24.0. The second kappa shape index (κ2) is 41.2. The van der Waals surface area contributed by atoms with Gasteiger partial charge in [-0.3, -0.25) is 4.79 Å². The molecule has 19 heteroatoms. The van der Waals surface area contributed by atoms with Crippen molar-refractivity contribution >= 4 is 35.8 Å². The first-order chi connectivity index (χ1) is 51.9. The van der Waals surface area contributed by atoms with E-state index >= 15 is 0 Å². The smallest absolute Gasteiger partial charge is 0.341 e. The van der Waals surface area contributed by atoms with Crippen LogP contribution in [0.25, 0.3) is 0 Å². The maximum atomic E-state index is 12.9. The van der Waals surface area contributed by atoms with Crippen molar-refractivity contribution in [3.05, 3.63) is 153 Å². The Morgan fingerprint density at radius 3 is 1.10 bits per heavy atom. The highest BCUT2D eigenvalue weighted by atomic mass is 16.6. The standard InChI is InChI=1S/C31H40O7.C31H40O6.C27H40O6/c1-3-4-5-8-23(38-31(36)21-11-10-19(2)27(32)16-21)12-13-24-25-14-20-7-6-9-29(37-18-30(34)35)26(20)15-22(25)17-28(24)33;1-3-4-5-8-24(37-31(35)21-12-10-20(2)11-13-21)14-15-25-26-16-22-7-6-9-29(36-19-30(33)34)27(22)17-23(26)18-28(25)32;1-4-5-6-9-20(33-27(31)17(2)3)11-12-21-22-13-18-8-7-10-25(32-16-26(29)30)23(18)14-19(22)15-24(21)28/h6-7,9-11,16,22-25,28,32-33H,3-5,8,12-15,17-18H2,1-2H3,(H,34,35);6-7,9-13,23-26,28,32H,3-5,8,14-19H2,1-2H3,(H,33,34);7-8,10,17,19-22,24,28H,4-6,9,11-16H2,1-3H3,(H,29,30)/t22-,23-,24+,25-,28+;23-,24-,25+,26-,28+;19-,20-,21+,22-,24+/m000/s1. The van der Waals surface area contributed by atoms with E-state index < -0.39 is 30.0 Å². The number of aliphatic hydroxyl groups excluding tert-OH is 3. The van der Waals surface area contributed by atoms with E-state index in [1.165, 1.54) is 22.8 Å². The van der Waals surface area contributed by atoms with Crippen molar-refractivity contribution in [1.29, 1.82) is 0 Å². The highest BCUT2D eigenvalue weighted by molar-refractivity contribution is 5.90. The zero-order valence-corrected chi connectivity index (χ0v) is 64.7. The molecule has 0 unspecified atom stereocenters. The van der Waals surface area contributed by atoms with Crippen LogP contribution in [-0.2, 0) is 71.9 Å². The molecule has 0 amide bonds. The fourth-order valence-corrected chi connectivity index (χ4v) is 18.2. The maximum absolute atomic E-state index is 12.9. The van der Waals surface area contributed by atoms with Gasteiger partial charge in [0.15, 0.2) is 19.8 Å². The van der Waals surface area contributed by atoms with Gasteiger partial charge in [-0.05, 0) is 283 Å². The Labute approximate surface area is 638 Å². The zero-order chi connectivity index (χ0) is 77.6. The molecule has 0 aliphatic heterocycles. The van der Waals surface area contributed by atoms with Gasteiger partial charge in [-0.15, -0.1) is 0 Å². The third kappa shape index (κ3) is 23.5. The van der Waals surface area contributed by atoms with Crippen LogP contribution in [0.4, 0.5) is 0 Å². The Morgan fingerprint density at radius 1 is 0.426 bits per heavy atom. The molecule has 0 aromatic heterocycles. The summed E-state index contributed by atoms with van der Waals surface area (Å²) in [5, 5.41) is 70.0. The van der Waals surface area contributed by atoms with Crippen LogP contribution in [0.1, 0.15) is 235 Å². The van der Waals surface area contributed by atoms with Gasteiger partial charge in [0.2, 0.25) is 0 Å². The minimum absolute atomic E-state index is 0.0791. The zero-order valence-electron chi connectivity index (χ0n) is 64.7. The van der Waals surface area contributed by atoms with Gasteiger partial charge in [0.05, 0.1) is 35.4 Å². The number of carbonyl (C=O) groups is 6. The van der Waals surface area contributed by atoms with E-state index in [1.807, 2.05) is 81.4 Å². The van der Waals surface area contributed by atoms with Crippen LogP contribution in [0.5, 0.6) is 23.0 Å². The van der Waals surface area contributed by atoms with E-state index in [2.05, 4.69) is 39.0 Å². The monoisotopic (exact) mass is 1490 g/mol. The molecule has 6 aliphatic rings.